The molecule has 1 aromatic heterocycles. The fourth-order valence-corrected chi connectivity index (χ4v) is 1.47. The van der Waals surface area contributed by atoms with Gasteiger partial charge in [-0.05, 0) is 12.1 Å². The fourth-order valence-electron chi connectivity index (χ4n) is 1.47. The smallest absolute Gasteiger partial charge is 0.120 e. The molecule has 0 aliphatic carbocycles. The second kappa shape index (κ2) is 3.77. The number of rotatable bonds is 3. The monoisotopic (exact) mass is 192 g/mol. The van der Waals surface area contributed by atoms with Crippen LogP contribution in [0.25, 0.3) is 11.0 Å². The minimum atomic E-state index is -0.396. The molecule has 4 heteroatoms. The van der Waals surface area contributed by atoms with Crippen molar-refractivity contribution in [2.45, 2.75) is 12.6 Å². The Bertz CT molecular complexity index is 424. The maximum absolute atomic E-state index is 9.48. The van der Waals surface area contributed by atoms with Crippen molar-refractivity contribution in [3.05, 3.63) is 30.6 Å². The zero-order valence-electron chi connectivity index (χ0n) is 7.93. The van der Waals surface area contributed by atoms with Gasteiger partial charge in [-0.3, -0.25) is 0 Å². The molecule has 14 heavy (non-hydrogen) atoms. The van der Waals surface area contributed by atoms with Gasteiger partial charge in [0.05, 0.1) is 23.9 Å². The zero-order valence-corrected chi connectivity index (χ0v) is 7.93. The average molecular weight is 192 g/mol. The number of quaternary nitrogens is 1. The predicted octanol–water partition coefficient (Wildman–Crippen LogP) is -0.361. The molecular weight excluding hydrogens is 178 g/mol. The van der Waals surface area contributed by atoms with E-state index >= 15 is 0 Å². The Hall–Kier alpha value is -1.39. The first kappa shape index (κ1) is 9.18. The third-order valence-corrected chi connectivity index (χ3v) is 2.27. The number of benzene rings is 1. The molecule has 4 N–H and O–H groups in total. The molecule has 1 atom stereocenters. The first-order chi connectivity index (χ1) is 6.81. The van der Waals surface area contributed by atoms with Crippen LogP contribution in [0.5, 0.6) is 0 Å². The maximum Gasteiger partial charge on any atom is 0.120 e. The van der Waals surface area contributed by atoms with Gasteiger partial charge in [-0.2, -0.15) is 0 Å². The van der Waals surface area contributed by atoms with Crippen LogP contribution < -0.4 is 5.73 Å². The molecule has 74 valence electrons. The van der Waals surface area contributed by atoms with Gasteiger partial charge >= 0.3 is 0 Å². The van der Waals surface area contributed by atoms with E-state index in [2.05, 4.69) is 10.7 Å². The standard InChI is InChI=1S/C10H13N3O/c11-5-8(14)6-13-7-12-9-3-1-2-4-10(9)13/h1-4,7-8,14H,5-6,11H2/p+1/t8-/m1/s1. The lowest BCUT2D eigenvalue weighted by Gasteiger charge is -2.07. The molecule has 2 rings (SSSR count). The highest BCUT2D eigenvalue weighted by atomic mass is 16.3. The largest absolute Gasteiger partial charge is 0.385 e. The first-order valence-corrected chi connectivity index (χ1v) is 4.68. The number of para-hydroxylation sites is 2. The third-order valence-electron chi connectivity index (χ3n) is 2.27. The van der Waals surface area contributed by atoms with Crippen LogP contribution in [-0.4, -0.2) is 27.3 Å². The average Bonchev–Trinajstić information content (AvgIpc) is 2.62. The molecule has 2 aromatic rings. The summed E-state index contributed by atoms with van der Waals surface area (Å²) in [5.74, 6) is 0. The van der Waals surface area contributed by atoms with Crippen LogP contribution in [0.4, 0.5) is 0 Å². The summed E-state index contributed by atoms with van der Waals surface area (Å²) in [6.07, 6.45) is 1.36. The van der Waals surface area contributed by atoms with Crippen molar-refractivity contribution in [3.63, 3.8) is 0 Å². The molecule has 0 saturated heterocycles. The van der Waals surface area contributed by atoms with Gasteiger partial charge in [-0.15, -0.1) is 0 Å². The summed E-state index contributed by atoms with van der Waals surface area (Å²) in [6, 6.07) is 7.88. The highest BCUT2D eigenvalue weighted by Gasteiger charge is 2.07. The number of hydrogen-bond acceptors (Lipinski definition) is 2. The number of aliphatic hydroxyl groups excluding tert-OH is 1. The van der Waals surface area contributed by atoms with Crippen molar-refractivity contribution in [3.8, 4) is 0 Å². The van der Waals surface area contributed by atoms with Crippen molar-refractivity contribution < 1.29 is 10.8 Å². The van der Waals surface area contributed by atoms with Crippen LogP contribution in [0.1, 0.15) is 0 Å². The van der Waals surface area contributed by atoms with Gasteiger partial charge in [0.1, 0.15) is 12.6 Å². The van der Waals surface area contributed by atoms with Crippen molar-refractivity contribution in [2.75, 3.05) is 6.54 Å². The number of aromatic nitrogens is 2. The van der Waals surface area contributed by atoms with E-state index < -0.39 is 6.10 Å². The Morgan fingerprint density at radius 2 is 2.21 bits per heavy atom. The summed E-state index contributed by atoms with van der Waals surface area (Å²) in [6.45, 7) is 1.08. The van der Waals surface area contributed by atoms with E-state index in [1.54, 1.807) is 6.33 Å². The third kappa shape index (κ3) is 1.62. The Labute approximate surface area is 82.0 Å². The summed E-state index contributed by atoms with van der Waals surface area (Å²) in [7, 11) is 0. The lowest BCUT2D eigenvalue weighted by Crippen LogP contribution is -2.56. The number of imidazole rings is 1. The molecule has 0 unspecified atom stereocenters. The summed E-state index contributed by atoms with van der Waals surface area (Å²) in [5, 5.41) is 9.48. The molecular formula is C10H14N3O+. The molecule has 0 aliphatic rings. The topological polar surface area (TPSA) is 65.7 Å². The first-order valence-electron chi connectivity index (χ1n) is 4.68. The normalized spacial score (nSPS) is 13.3. The molecule has 1 heterocycles. The van der Waals surface area contributed by atoms with Gasteiger partial charge in [-0.1, -0.05) is 12.1 Å². The Morgan fingerprint density at radius 3 is 3.00 bits per heavy atom. The van der Waals surface area contributed by atoms with Gasteiger partial charge in [0.2, 0.25) is 0 Å². The summed E-state index contributed by atoms with van der Waals surface area (Å²) >= 11 is 0. The number of nitrogens with zero attached hydrogens (tertiary/aromatic N) is 2. The van der Waals surface area contributed by atoms with Crippen LogP contribution in [-0.2, 0) is 6.54 Å². The summed E-state index contributed by atoms with van der Waals surface area (Å²) < 4.78 is 1.95. The Balaban J connectivity index is 2.33. The van der Waals surface area contributed by atoms with Crippen LogP contribution in [0.3, 0.4) is 0 Å². The van der Waals surface area contributed by atoms with Crippen molar-refractivity contribution >= 4 is 11.0 Å². The van der Waals surface area contributed by atoms with Crippen LogP contribution >= 0.6 is 0 Å². The highest BCUT2D eigenvalue weighted by molar-refractivity contribution is 5.74. The second-order valence-electron chi connectivity index (χ2n) is 3.33. The Morgan fingerprint density at radius 1 is 1.43 bits per heavy atom. The highest BCUT2D eigenvalue weighted by Crippen LogP contribution is 2.11. The van der Waals surface area contributed by atoms with Crippen LogP contribution in [0, 0.1) is 0 Å². The van der Waals surface area contributed by atoms with E-state index in [4.69, 9.17) is 0 Å². The van der Waals surface area contributed by atoms with E-state index in [0.717, 1.165) is 11.0 Å². The molecule has 4 nitrogen and oxygen atoms in total. The minimum Gasteiger partial charge on any atom is -0.385 e. The number of fused-ring (bicyclic) bond motifs is 1. The molecule has 1 aromatic carbocycles. The summed E-state index contributed by atoms with van der Waals surface area (Å²) in [4.78, 5) is 4.24. The van der Waals surface area contributed by atoms with E-state index in [9.17, 15) is 5.11 Å². The van der Waals surface area contributed by atoms with Crippen molar-refractivity contribution in [1.29, 1.82) is 0 Å². The molecule has 0 aliphatic heterocycles. The van der Waals surface area contributed by atoms with Crippen LogP contribution in [0.2, 0.25) is 0 Å². The van der Waals surface area contributed by atoms with Gasteiger partial charge in [0.15, 0.2) is 0 Å². The maximum atomic E-state index is 9.48. The number of hydrogen-bond donors (Lipinski definition) is 2. The van der Waals surface area contributed by atoms with Gasteiger partial charge in [0, 0.05) is 0 Å². The molecule has 0 spiro atoms. The molecule has 0 amide bonds. The van der Waals surface area contributed by atoms with Gasteiger partial charge in [-0.25, -0.2) is 4.98 Å². The van der Waals surface area contributed by atoms with E-state index in [1.807, 2.05) is 28.8 Å². The lowest BCUT2D eigenvalue weighted by molar-refractivity contribution is -0.384. The SMILES string of the molecule is [NH3+]C[C@@H](O)Cn1cnc2ccccc21. The zero-order chi connectivity index (χ0) is 9.97. The van der Waals surface area contributed by atoms with Gasteiger partial charge in [0.25, 0.3) is 0 Å². The number of aliphatic hydroxyl groups is 1. The Kier molecular flexibility index (Phi) is 2.47. The second-order valence-corrected chi connectivity index (χ2v) is 3.33. The van der Waals surface area contributed by atoms with Gasteiger partial charge < -0.3 is 15.4 Å². The van der Waals surface area contributed by atoms with E-state index in [-0.39, 0.29) is 0 Å². The molecule has 0 bridgehead atoms. The van der Waals surface area contributed by atoms with E-state index in [0.29, 0.717) is 13.1 Å². The van der Waals surface area contributed by atoms with Crippen molar-refractivity contribution in [2.24, 2.45) is 0 Å². The molecule has 0 fully saturated rings. The van der Waals surface area contributed by atoms with Crippen LogP contribution in [0.15, 0.2) is 30.6 Å². The fraction of sp³-hybridized carbons (Fsp3) is 0.300. The predicted molar refractivity (Wildman–Crippen MR) is 53.5 cm³/mol. The quantitative estimate of drug-likeness (QED) is 0.697. The molecule has 0 saturated carbocycles. The molecule has 0 radical (unpaired) electrons. The lowest BCUT2D eigenvalue weighted by atomic mass is 10.3. The minimum absolute atomic E-state index is 0.396. The van der Waals surface area contributed by atoms with Crippen molar-refractivity contribution in [1.82, 2.24) is 9.55 Å². The summed E-state index contributed by atoms with van der Waals surface area (Å²) in [5.41, 5.74) is 5.68. The van der Waals surface area contributed by atoms with E-state index in [1.165, 1.54) is 0 Å².